The summed E-state index contributed by atoms with van der Waals surface area (Å²) >= 11 is 1.16. The van der Waals surface area contributed by atoms with Gasteiger partial charge in [-0.3, -0.25) is 10.1 Å². The first-order valence-corrected chi connectivity index (χ1v) is 7.61. The number of nitro groups is 1. The predicted octanol–water partition coefficient (Wildman–Crippen LogP) is 0.512. The van der Waals surface area contributed by atoms with E-state index in [1.165, 1.54) is 12.1 Å². The van der Waals surface area contributed by atoms with E-state index in [4.69, 9.17) is 5.14 Å². The third-order valence-corrected chi connectivity index (χ3v) is 4.26. The quantitative estimate of drug-likeness (QED) is 0.478. The molecule has 0 bridgehead atoms. The van der Waals surface area contributed by atoms with Gasteiger partial charge in [0.05, 0.1) is 10.7 Å². The van der Waals surface area contributed by atoms with Gasteiger partial charge in [-0.25, -0.2) is 18.2 Å². The Balaban J connectivity index is 2.28. The fraction of sp³-hybridized carbons (Fsp3) is 0.250. The molecule has 9 nitrogen and oxygen atoms in total. The number of non-ortho nitro benzene ring substituents is 1. The van der Waals surface area contributed by atoms with Crippen LogP contribution >= 0.6 is 11.8 Å². The van der Waals surface area contributed by atoms with Crippen LogP contribution in [0.25, 0.3) is 11.0 Å². The van der Waals surface area contributed by atoms with Gasteiger partial charge in [0, 0.05) is 16.7 Å². The van der Waals surface area contributed by atoms with Crippen molar-refractivity contribution in [3.8, 4) is 0 Å². The number of primary sulfonamides is 1. The van der Waals surface area contributed by atoms with E-state index in [0.29, 0.717) is 4.90 Å². The molecule has 2 N–H and O–H groups in total. The average molecular weight is 304 g/mol. The molecular formula is C8H8N4O5S2. The van der Waals surface area contributed by atoms with Crippen LogP contribution in [0, 0.1) is 10.1 Å². The first-order valence-electron chi connectivity index (χ1n) is 4.91. The van der Waals surface area contributed by atoms with E-state index in [-0.39, 0.29) is 28.2 Å². The number of hydrogen-bond donors (Lipinski definition) is 1. The lowest BCUT2D eigenvalue weighted by atomic mass is 10.3. The lowest BCUT2D eigenvalue weighted by Gasteiger charge is -2.00. The zero-order valence-electron chi connectivity index (χ0n) is 9.35. The molecule has 0 fully saturated rings. The van der Waals surface area contributed by atoms with Crippen LogP contribution in [-0.4, -0.2) is 35.2 Å². The van der Waals surface area contributed by atoms with Gasteiger partial charge in [0.1, 0.15) is 0 Å². The Hall–Kier alpha value is -1.72. The van der Waals surface area contributed by atoms with Crippen molar-refractivity contribution in [3.05, 3.63) is 22.2 Å². The highest BCUT2D eigenvalue weighted by Gasteiger charge is 2.19. The predicted molar refractivity (Wildman–Crippen MR) is 67.2 cm³/mol. The molecule has 19 heavy (non-hydrogen) atoms. The van der Waals surface area contributed by atoms with Crippen molar-refractivity contribution in [1.82, 2.24) is 10.3 Å². The van der Waals surface area contributed by atoms with Crippen LogP contribution in [0.4, 0.5) is 5.69 Å². The molecular weight excluding hydrogens is 296 g/mol. The molecule has 0 saturated carbocycles. The van der Waals surface area contributed by atoms with Gasteiger partial charge < -0.3 is 0 Å². The first kappa shape index (κ1) is 13.7. The fourth-order valence-electron chi connectivity index (χ4n) is 1.36. The summed E-state index contributed by atoms with van der Waals surface area (Å²) in [5.74, 6) is 0.0000316. The Kier molecular flexibility index (Phi) is 3.68. The monoisotopic (exact) mass is 304 g/mol. The Morgan fingerprint density at radius 3 is 2.68 bits per heavy atom. The Morgan fingerprint density at radius 1 is 1.37 bits per heavy atom. The van der Waals surface area contributed by atoms with E-state index in [1.807, 2.05) is 0 Å². The maximum Gasteiger partial charge on any atom is 0.300 e. The van der Waals surface area contributed by atoms with Crippen molar-refractivity contribution < 1.29 is 18.0 Å². The highest BCUT2D eigenvalue weighted by molar-refractivity contribution is 8.00. The number of thioether (sulfide) groups is 1. The molecule has 0 unspecified atom stereocenters. The van der Waals surface area contributed by atoms with Crippen LogP contribution in [0.1, 0.15) is 0 Å². The number of nitrogens with zero attached hydrogens (tertiary/aromatic N) is 3. The molecule has 0 spiro atoms. The van der Waals surface area contributed by atoms with Crippen molar-refractivity contribution in [2.24, 2.45) is 5.14 Å². The molecule has 0 amide bonds. The van der Waals surface area contributed by atoms with Crippen molar-refractivity contribution in [2.75, 3.05) is 11.5 Å². The van der Waals surface area contributed by atoms with E-state index >= 15 is 0 Å². The van der Waals surface area contributed by atoms with Crippen molar-refractivity contribution in [1.29, 1.82) is 0 Å². The standard InChI is InChI=1S/C8H8N4O5S2/c9-19(15,16)4-3-18-6-2-1-5(12(13)14)7-8(6)11-17-10-7/h1-2H,3-4H2,(H2,9,15,16). The van der Waals surface area contributed by atoms with E-state index in [2.05, 4.69) is 14.9 Å². The molecule has 0 saturated heterocycles. The van der Waals surface area contributed by atoms with Crippen LogP contribution in [-0.2, 0) is 10.0 Å². The minimum absolute atomic E-state index is 0.0330. The molecule has 0 aliphatic heterocycles. The Bertz CT molecular complexity index is 726. The third-order valence-electron chi connectivity index (χ3n) is 2.18. The summed E-state index contributed by atoms with van der Waals surface area (Å²) in [5.41, 5.74) is 0.0475. The number of benzene rings is 1. The number of hydrogen-bond acceptors (Lipinski definition) is 8. The van der Waals surface area contributed by atoms with Crippen LogP contribution in [0.2, 0.25) is 0 Å². The number of rotatable bonds is 5. The summed E-state index contributed by atoms with van der Waals surface area (Å²) in [7, 11) is -3.54. The number of nitro benzene ring substituents is 1. The maximum absolute atomic E-state index is 10.8. The van der Waals surface area contributed by atoms with Crippen molar-refractivity contribution in [3.63, 3.8) is 0 Å². The molecule has 0 atom stereocenters. The number of aromatic nitrogens is 2. The van der Waals surface area contributed by atoms with E-state index in [1.54, 1.807) is 0 Å². The summed E-state index contributed by atoms with van der Waals surface area (Å²) in [6.45, 7) is 0. The highest BCUT2D eigenvalue weighted by atomic mass is 32.2. The van der Waals surface area contributed by atoms with Crippen molar-refractivity contribution in [2.45, 2.75) is 4.90 Å². The lowest BCUT2D eigenvalue weighted by molar-refractivity contribution is -0.383. The lowest BCUT2D eigenvalue weighted by Crippen LogP contribution is -2.17. The number of fused-ring (bicyclic) bond motifs is 1. The number of sulfonamides is 1. The molecule has 0 aliphatic rings. The molecule has 1 aromatic heterocycles. The van der Waals surface area contributed by atoms with Crippen LogP contribution in [0.3, 0.4) is 0 Å². The Morgan fingerprint density at radius 2 is 2.05 bits per heavy atom. The van der Waals surface area contributed by atoms with Crippen molar-refractivity contribution >= 4 is 38.5 Å². The first-order chi connectivity index (χ1) is 8.88. The molecule has 2 rings (SSSR count). The van der Waals surface area contributed by atoms with Gasteiger partial charge >= 0.3 is 5.69 Å². The molecule has 11 heteroatoms. The zero-order valence-corrected chi connectivity index (χ0v) is 11.0. The van der Waals surface area contributed by atoms with Crippen LogP contribution < -0.4 is 5.14 Å². The third kappa shape index (κ3) is 3.19. The van der Waals surface area contributed by atoms with Gasteiger partial charge in [-0.05, 0) is 16.4 Å². The van der Waals surface area contributed by atoms with Gasteiger partial charge in [-0.15, -0.1) is 11.8 Å². The van der Waals surface area contributed by atoms with E-state index < -0.39 is 14.9 Å². The smallest absolute Gasteiger partial charge is 0.258 e. The summed E-state index contributed by atoms with van der Waals surface area (Å²) in [5, 5.41) is 22.7. The maximum atomic E-state index is 10.8. The summed E-state index contributed by atoms with van der Waals surface area (Å²) in [6.07, 6.45) is 0. The molecule has 1 aromatic carbocycles. The molecule has 2 aromatic rings. The topological polar surface area (TPSA) is 142 Å². The molecule has 1 heterocycles. The van der Waals surface area contributed by atoms with E-state index in [9.17, 15) is 18.5 Å². The van der Waals surface area contributed by atoms with Gasteiger partial charge in [-0.2, -0.15) is 0 Å². The van der Waals surface area contributed by atoms with Gasteiger partial charge in [0.25, 0.3) is 0 Å². The SMILES string of the molecule is NS(=O)(=O)CCSc1ccc([N+](=O)[O-])c2nonc12. The summed E-state index contributed by atoms with van der Waals surface area (Å²) in [6, 6.07) is 2.74. The highest BCUT2D eigenvalue weighted by Crippen LogP contribution is 2.31. The Labute approximate surface area is 111 Å². The summed E-state index contributed by atoms with van der Waals surface area (Å²) < 4.78 is 26.1. The van der Waals surface area contributed by atoms with Gasteiger partial charge in [0.15, 0.2) is 5.52 Å². The minimum Gasteiger partial charge on any atom is -0.258 e. The molecule has 0 aliphatic carbocycles. The zero-order chi connectivity index (χ0) is 14.0. The largest absolute Gasteiger partial charge is 0.300 e. The second-order valence-electron chi connectivity index (χ2n) is 3.52. The molecule has 0 radical (unpaired) electrons. The van der Waals surface area contributed by atoms with Crippen LogP contribution in [0.5, 0.6) is 0 Å². The van der Waals surface area contributed by atoms with Gasteiger partial charge in [0.2, 0.25) is 15.5 Å². The normalized spacial score (nSPS) is 11.8. The van der Waals surface area contributed by atoms with E-state index in [0.717, 1.165) is 11.8 Å². The summed E-state index contributed by atoms with van der Waals surface area (Å²) in [4.78, 5) is 10.7. The number of nitrogens with two attached hydrogens (primary N) is 1. The minimum atomic E-state index is -3.54. The molecule has 102 valence electrons. The average Bonchev–Trinajstić information content (AvgIpc) is 2.76. The van der Waals surface area contributed by atoms with Gasteiger partial charge in [-0.1, -0.05) is 0 Å². The fourth-order valence-corrected chi connectivity index (χ4v) is 3.28. The second kappa shape index (κ2) is 5.11. The second-order valence-corrected chi connectivity index (χ2v) is 6.39. The van der Waals surface area contributed by atoms with Crippen LogP contribution in [0.15, 0.2) is 21.7 Å².